The molecule has 3 aliphatic rings. The maximum absolute atomic E-state index is 15.5. The van der Waals surface area contributed by atoms with Gasteiger partial charge < -0.3 is 15.6 Å². The van der Waals surface area contributed by atoms with E-state index < -0.39 is 0 Å². The van der Waals surface area contributed by atoms with Gasteiger partial charge >= 0.3 is 0 Å². The first-order chi connectivity index (χ1) is 17.0. The Balaban J connectivity index is 1.34. The molecule has 0 radical (unpaired) electrons. The SMILES string of the molecule is CCn1nccc1C(=O)N[C@H](c1nc2c(F)c(C[C@@H]3CCNC3=O)ccc2[nH]1)C(C1CC1)C1CC1. The van der Waals surface area contributed by atoms with Crippen LogP contribution in [0.5, 0.6) is 0 Å². The fraction of sp³-hybridized carbons (Fsp3) is 0.538. The number of amides is 2. The Kier molecular flexibility index (Phi) is 5.57. The highest BCUT2D eigenvalue weighted by atomic mass is 19.1. The van der Waals surface area contributed by atoms with Crippen LogP contribution in [0.15, 0.2) is 24.4 Å². The number of hydrogen-bond acceptors (Lipinski definition) is 4. The monoisotopic (exact) mass is 478 g/mol. The van der Waals surface area contributed by atoms with E-state index in [1.165, 1.54) is 0 Å². The molecule has 0 unspecified atom stereocenters. The molecule has 3 aromatic rings. The van der Waals surface area contributed by atoms with Crippen LogP contribution in [0.2, 0.25) is 0 Å². The molecule has 3 heterocycles. The summed E-state index contributed by atoms with van der Waals surface area (Å²) in [6.07, 6.45) is 7.34. The van der Waals surface area contributed by atoms with Gasteiger partial charge in [-0.3, -0.25) is 14.3 Å². The fourth-order valence-electron chi connectivity index (χ4n) is 5.74. The molecule has 2 amide bonds. The molecule has 184 valence electrons. The third-order valence-corrected chi connectivity index (χ3v) is 7.87. The Morgan fingerprint density at radius 1 is 1.20 bits per heavy atom. The molecule has 2 aliphatic carbocycles. The number of nitrogens with zero attached hydrogens (tertiary/aromatic N) is 3. The van der Waals surface area contributed by atoms with E-state index in [2.05, 4.69) is 20.7 Å². The van der Waals surface area contributed by atoms with Gasteiger partial charge in [0, 0.05) is 25.2 Å². The molecule has 2 saturated carbocycles. The highest BCUT2D eigenvalue weighted by Crippen LogP contribution is 2.54. The molecule has 3 fully saturated rings. The van der Waals surface area contributed by atoms with Crippen molar-refractivity contribution in [3.8, 4) is 0 Å². The lowest BCUT2D eigenvalue weighted by Gasteiger charge is -2.27. The number of aromatic amines is 1. The second-order valence-electron chi connectivity index (χ2n) is 10.3. The molecular weight excluding hydrogens is 447 g/mol. The van der Waals surface area contributed by atoms with Crippen LogP contribution >= 0.6 is 0 Å². The summed E-state index contributed by atoms with van der Waals surface area (Å²) >= 11 is 0. The van der Waals surface area contributed by atoms with E-state index in [9.17, 15) is 9.59 Å². The Labute approximate surface area is 203 Å². The van der Waals surface area contributed by atoms with Crippen LogP contribution in [0, 0.1) is 29.5 Å². The lowest BCUT2D eigenvalue weighted by Crippen LogP contribution is -2.37. The lowest BCUT2D eigenvalue weighted by molar-refractivity contribution is -0.122. The largest absolute Gasteiger partial charge is 0.356 e. The van der Waals surface area contributed by atoms with Gasteiger partial charge in [0.2, 0.25) is 5.91 Å². The van der Waals surface area contributed by atoms with Crippen molar-refractivity contribution in [2.24, 2.45) is 23.7 Å². The molecule has 0 spiro atoms. The van der Waals surface area contributed by atoms with Gasteiger partial charge in [0.05, 0.1) is 11.6 Å². The Morgan fingerprint density at radius 3 is 2.63 bits per heavy atom. The third-order valence-electron chi connectivity index (χ3n) is 7.87. The van der Waals surface area contributed by atoms with Crippen LogP contribution in [-0.2, 0) is 17.8 Å². The maximum Gasteiger partial charge on any atom is 0.270 e. The summed E-state index contributed by atoms with van der Waals surface area (Å²) in [7, 11) is 0. The molecule has 1 saturated heterocycles. The van der Waals surface area contributed by atoms with E-state index in [1.54, 1.807) is 23.0 Å². The number of rotatable bonds is 9. The second kappa shape index (κ2) is 8.77. The summed E-state index contributed by atoms with van der Waals surface area (Å²) in [4.78, 5) is 33.3. The highest BCUT2D eigenvalue weighted by Gasteiger charge is 2.47. The minimum absolute atomic E-state index is 0.0157. The number of nitrogens with one attached hydrogen (secondary N) is 3. The molecule has 0 bridgehead atoms. The maximum atomic E-state index is 15.5. The van der Waals surface area contributed by atoms with Crippen molar-refractivity contribution in [3.63, 3.8) is 0 Å². The van der Waals surface area contributed by atoms with Gasteiger partial charge in [-0.1, -0.05) is 6.07 Å². The molecule has 8 nitrogen and oxygen atoms in total. The molecular formula is C26H31FN6O2. The number of aromatic nitrogens is 4. The number of carbonyl (C=O) groups excluding carboxylic acids is 2. The van der Waals surface area contributed by atoms with Crippen LogP contribution in [-0.4, -0.2) is 38.1 Å². The molecule has 3 N–H and O–H groups in total. The van der Waals surface area contributed by atoms with Crippen molar-refractivity contribution in [1.29, 1.82) is 0 Å². The van der Waals surface area contributed by atoms with Crippen molar-refractivity contribution in [2.75, 3.05) is 6.54 Å². The van der Waals surface area contributed by atoms with Gasteiger partial charge in [0.1, 0.15) is 17.0 Å². The number of carbonyl (C=O) groups is 2. The van der Waals surface area contributed by atoms with E-state index >= 15 is 4.39 Å². The van der Waals surface area contributed by atoms with Crippen molar-refractivity contribution in [1.82, 2.24) is 30.4 Å². The molecule has 1 aliphatic heterocycles. The van der Waals surface area contributed by atoms with Crippen LogP contribution in [0.3, 0.4) is 0 Å². The topological polar surface area (TPSA) is 105 Å². The molecule has 6 rings (SSSR count). The van der Waals surface area contributed by atoms with Gasteiger partial charge in [-0.05, 0) is 80.9 Å². The van der Waals surface area contributed by atoms with Crippen LogP contribution in [0.25, 0.3) is 11.0 Å². The van der Waals surface area contributed by atoms with Crippen LogP contribution < -0.4 is 10.6 Å². The van der Waals surface area contributed by atoms with Gasteiger partial charge in [0.15, 0.2) is 5.82 Å². The predicted octanol–water partition coefficient (Wildman–Crippen LogP) is 3.50. The summed E-state index contributed by atoms with van der Waals surface area (Å²) < 4.78 is 17.2. The number of fused-ring (bicyclic) bond motifs is 1. The molecule has 2 atom stereocenters. The summed E-state index contributed by atoms with van der Waals surface area (Å²) in [5, 5.41) is 10.3. The Morgan fingerprint density at radius 2 is 1.97 bits per heavy atom. The van der Waals surface area contributed by atoms with Crippen molar-refractivity contribution >= 4 is 22.8 Å². The highest BCUT2D eigenvalue weighted by molar-refractivity contribution is 5.92. The number of H-pyrrole nitrogens is 1. The van der Waals surface area contributed by atoms with Gasteiger partial charge in [-0.15, -0.1) is 0 Å². The van der Waals surface area contributed by atoms with Crippen molar-refractivity contribution in [3.05, 3.63) is 47.3 Å². The number of aryl methyl sites for hydroxylation is 1. The quantitative estimate of drug-likeness (QED) is 0.438. The fourth-order valence-corrected chi connectivity index (χ4v) is 5.74. The van der Waals surface area contributed by atoms with Gasteiger partial charge in [-0.2, -0.15) is 5.10 Å². The Bertz CT molecular complexity index is 1260. The zero-order valence-electron chi connectivity index (χ0n) is 19.9. The number of imidazole rings is 1. The lowest BCUT2D eigenvalue weighted by atomic mass is 9.88. The van der Waals surface area contributed by atoms with E-state index in [0.717, 1.165) is 32.1 Å². The van der Waals surface area contributed by atoms with Crippen LogP contribution in [0.1, 0.15) is 66.9 Å². The number of halogens is 1. The summed E-state index contributed by atoms with van der Waals surface area (Å²) in [5.41, 5.74) is 1.91. The van der Waals surface area contributed by atoms with Crippen molar-refractivity contribution < 1.29 is 14.0 Å². The minimum Gasteiger partial charge on any atom is -0.356 e. The first-order valence-corrected chi connectivity index (χ1v) is 12.8. The second-order valence-corrected chi connectivity index (χ2v) is 10.3. The first-order valence-electron chi connectivity index (χ1n) is 12.8. The Hall–Kier alpha value is -3.23. The zero-order chi connectivity index (χ0) is 24.1. The third kappa shape index (κ3) is 4.21. The van der Waals surface area contributed by atoms with E-state index in [1.807, 2.05) is 13.0 Å². The predicted molar refractivity (Wildman–Crippen MR) is 128 cm³/mol. The normalized spacial score (nSPS) is 21.0. The summed E-state index contributed by atoms with van der Waals surface area (Å²) in [6.45, 7) is 3.20. The van der Waals surface area contributed by atoms with E-state index in [-0.39, 0.29) is 41.0 Å². The average molecular weight is 479 g/mol. The molecule has 9 heteroatoms. The van der Waals surface area contributed by atoms with E-state index in [4.69, 9.17) is 4.98 Å². The zero-order valence-corrected chi connectivity index (χ0v) is 19.9. The van der Waals surface area contributed by atoms with Crippen molar-refractivity contribution in [2.45, 2.75) is 58.0 Å². The summed E-state index contributed by atoms with van der Waals surface area (Å²) in [6, 6.07) is 4.99. The van der Waals surface area contributed by atoms with Crippen LogP contribution in [0.4, 0.5) is 4.39 Å². The standard InChI is InChI=1S/C26H31FN6O2/c1-2-33-19(10-12-29-33)26(35)32-23(20(14-3-4-14)15-5-6-15)24-30-18-8-7-16(21(27)22(18)31-24)13-17-9-11-28-25(17)34/h7-8,10,12,14-15,17,20,23H,2-6,9,11,13H2,1H3,(H,28,34)(H,30,31)(H,32,35)/t17-,23-/m0/s1. The van der Waals surface area contributed by atoms with E-state index in [0.29, 0.717) is 53.9 Å². The molecule has 1 aromatic carbocycles. The average Bonchev–Trinajstić information content (AvgIpc) is 3.73. The van der Waals surface area contributed by atoms with Gasteiger partial charge in [0.25, 0.3) is 5.91 Å². The molecule has 2 aromatic heterocycles. The first kappa shape index (κ1) is 22.2. The minimum atomic E-state index is -0.381. The number of benzene rings is 1. The van der Waals surface area contributed by atoms with Gasteiger partial charge in [-0.25, -0.2) is 9.37 Å². The summed E-state index contributed by atoms with van der Waals surface area (Å²) in [5.74, 6) is 1.21. The molecule has 35 heavy (non-hydrogen) atoms. The number of hydrogen-bond donors (Lipinski definition) is 3. The smallest absolute Gasteiger partial charge is 0.270 e.